The van der Waals surface area contributed by atoms with Crippen molar-refractivity contribution in [1.82, 2.24) is 0 Å². The summed E-state index contributed by atoms with van der Waals surface area (Å²) in [6.45, 7) is 6.83. The first-order valence-electron chi connectivity index (χ1n) is 14.7. The maximum Gasteiger partial charge on any atom is 0.339 e. The fourth-order valence-electron chi connectivity index (χ4n) is 3.76. The van der Waals surface area contributed by atoms with Crippen molar-refractivity contribution >= 4 is 53.0 Å². The summed E-state index contributed by atoms with van der Waals surface area (Å²) >= 11 is 10.1. The third-order valence-electron chi connectivity index (χ3n) is 6.34. The Morgan fingerprint density at radius 1 is 0.643 bits per heavy atom. The van der Waals surface area contributed by atoms with Crippen molar-refractivity contribution in [3.8, 4) is 0 Å². The van der Waals surface area contributed by atoms with Gasteiger partial charge in [0.25, 0.3) is 0 Å². The predicted octanol–water partition coefficient (Wildman–Crippen LogP) is 8.04. The van der Waals surface area contributed by atoms with Gasteiger partial charge in [-0.3, -0.25) is 19.2 Å². The van der Waals surface area contributed by atoms with Crippen molar-refractivity contribution in [2.45, 2.75) is 134 Å². The minimum Gasteiger partial charge on any atom is -0.481 e. The lowest BCUT2D eigenvalue weighted by Crippen LogP contribution is -2.19. The molecule has 0 amide bonds. The Morgan fingerprint density at radius 3 is 1.26 bits per heavy atom. The maximum atomic E-state index is 11.1. The van der Waals surface area contributed by atoms with Gasteiger partial charge in [-0.15, -0.1) is 6.58 Å². The first-order valence-corrected chi connectivity index (χ1v) is 15.5. The Morgan fingerprint density at radius 2 is 0.976 bits per heavy atom. The summed E-state index contributed by atoms with van der Waals surface area (Å²) in [7, 11) is 0. The lowest BCUT2D eigenvalue weighted by molar-refractivity contribution is -0.144. The van der Waals surface area contributed by atoms with E-state index >= 15 is 0 Å². The molecule has 0 fully saturated rings. The average Bonchev–Trinajstić information content (AvgIpc) is 2.88. The van der Waals surface area contributed by atoms with Gasteiger partial charge in [-0.25, -0.2) is 4.79 Å². The lowest BCUT2D eigenvalue weighted by Gasteiger charge is -2.10. The molecule has 0 heterocycles. The number of allylic oxidation sites excluding steroid dienone is 1. The molecule has 0 aromatic rings. The van der Waals surface area contributed by atoms with Crippen molar-refractivity contribution in [3.05, 3.63) is 12.7 Å². The third-order valence-corrected chi connectivity index (χ3v) is 6.67. The van der Waals surface area contributed by atoms with Gasteiger partial charge in [0.2, 0.25) is 4.33 Å². The molecule has 0 aliphatic carbocycles. The molecule has 12 heteroatoms. The van der Waals surface area contributed by atoms with Crippen LogP contribution in [0.25, 0.3) is 0 Å². The minimum atomic E-state index is -1.64. The van der Waals surface area contributed by atoms with Crippen LogP contribution in [0.15, 0.2) is 12.7 Å². The van der Waals surface area contributed by atoms with E-state index in [1.54, 1.807) is 0 Å². The first kappa shape index (κ1) is 44.1. The largest absolute Gasteiger partial charge is 0.481 e. The summed E-state index contributed by atoms with van der Waals surface area (Å²) in [5.41, 5.74) is 0. The highest BCUT2D eigenvalue weighted by molar-refractivity contribution is 6.56. The van der Waals surface area contributed by atoms with Crippen molar-refractivity contribution in [1.29, 1.82) is 0 Å². The fourth-order valence-corrected chi connectivity index (χ4v) is 3.76. The van der Waals surface area contributed by atoms with Crippen LogP contribution < -0.4 is 0 Å². The van der Waals surface area contributed by atoms with Crippen molar-refractivity contribution in [3.63, 3.8) is 0 Å². The molecule has 0 saturated heterocycles. The highest BCUT2D eigenvalue weighted by atomic mass is 35.5. The standard InChI is InChI=1S/C19H36O4.C8H12O4.C3H4Cl2O2/c1-2-3-4-5-6-7-8-9-10-11-12-13-14-17(19(22)23)15-16-18(20)21;1-2-3-6(8(11)12)4-5-7(9)10;1-3(4,5)2(6)7/h17H,2-16H2,1H3,(H,20,21)(H,22,23);2,6H,1,3-5H2,(H,9,10)(H,11,12);1H3,(H,6,7). The van der Waals surface area contributed by atoms with E-state index in [9.17, 15) is 24.0 Å². The minimum absolute atomic E-state index is 0.0464. The van der Waals surface area contributed by atoms with Crippen LogP contribution in [-0.4, -0.2) is 59.7 Å². The van der Waals surface area contributed by atoms with Gasteiger partial charge in [-0.05, 0) is 32.6 Å². The van der Waals surface area contributed by atoms with Gasteiger partial charge in [0, 0.05) is 12.8 Å². The number of hydrogen-bond donors (Lipinski definition) is 5. The van der Waals surface area contributed by atoms with Gasteiger partial charge < -0.3 is 25.5 Å². The van der Waals surface area contributed by atoms with Gasteiger partial charge in [0.1, 0.15) is 0 Å². The van der Waals surface area contributed by atoms with Crippen LogP contribution >= 0.6 is 23.2 Å². The number of carbonyl (C=O) groups is 5. The van der Waals surface area contributed by atoms with E-state index in [1.165, 1.54) is 77.2 Å². The van der Waals surface area contributed by atoms with Crippen molar-refractivity contribution in [2.24, 2.45) is 11.8 Å². The summed E-state index contributed by atoms with van der Waals surface area (Å²) in [5.74, 6) is -6.02. The maximum absolute atomic E-state index is 11.1. The van der Waals surface area contributed by atoms with E-state index in [0.717, 1.165) is 12.8 Å². The third kappa shape index (κ3) is 33.9. The smallest absolute Gasteiger partial charge is 0.339 e. The van der Waals surface area contributed by atoms with Crippen LogP contribution in [0.2, 0.25) is 0 Å². The number of carboxylic acid groups (broad SMARTS) is 5. The first-order chi connectivity index (χ1) is 19.6. The molecule has 246 valence electrons. The second-order valence-electron chi connectivity index (χ2n) is 10.3. The number of aliphatic carboxylic acids is 5. The molecule has 2 atom stereocenters. The van der Waals surface area contributed by atoms with Crippen LogP contribution in [0.5, 0.6) is 0 Å². The van der Waals surface area contributed by atoms with E-state index in [0.29, 0.717) is 12.8 Å². The summed E-state index contributed by atoms with van der Waals surface area (Å²) in [5, 5.41) is 42.6. The van der Waals surface area contributed by atoms with Crippen LogP contribution in [-0.2, 0) is 24.0 Å². The van der Waals surface area contributed by atoms with Gasteiger partial charge in [-0.2, -0.15) is 0 Å². The van der Waals surface area contributed by atoms with Crippen molar-refractivity contribution < 1.29 is 49.5 Å². The topological polar surface area (TPSA) is 186 Å². The van der Waals surface area contributed by atoms with Crippen LogP contribution in [0.4, 0.5) is 0 Å². The molecule has 0 bridgehead atoms. The molecular formula is C30H52Cl2O10. The van der Waals surface area contributed by atoms with E-state index < -0.39 is 46.0 Å². The Bertz CT molecular complexity index is 766. The molecular weight excluding hydrogens is 591 g/mol. The van der Waals surface area contributed by atoms with E-state index in [-0.39, 0.29) is 25.7 Å². The van der Waals surface area contributed by atoms with E-state index in [4.69, 9.17) is 48.7 Å². The average molecular weight is 644 g/mol. The number of hydrogen-bond acceptors (Lipinski definition) is 5. The lowest BCUT2D eigenvalue weighted by atomic mass is 9.95. The fraction of sp³-hybridized carbons (Fsp3) is 0.767. The molecule has 0 radical (unpaired) electrons. The molecule has 5 N–H and O–H groups in total. The van der Waals surface area contributed by atoms with Gasteiger partial charge in [0.15, 0.2) is 0 Å². The number of unbranched alkanes of at least 4 members (excludes halogenated alkanes) is 11. The van der Waals surface area contributed by atoms with Crippen LogP contribution in [0.1, 0.15) is 129 Å². The summed E-state index contributed by atoms with van der Waals surface area (Å²) < 4.78 is -1.64. The van der Waals surface area contributed by atoms with Crippen LogP contribution in [0, 0.1) is 11.8 Å². The molecule has 10 nitrogen and oxygen atoms in total. The quantitative estimate of drug-likeness (QED) is 0.0391. The number of rotatable bonds is 24. The Balaban J connectivity index is -0.000000661. The number of halogens is 2. The molecule has 0 aromatic heterocycles. The van der Waals surface area contributed by atoms with E-state index in [1.807, 2.05) is 0 Å². The zero-order valence-corrected chi connectivity index (χ0v) is 26.7. The summed E-state index contributed by atoms with van der Waals surface area (Å²) in [6.07, 6.45) is 17.8. The Labute approximate surface area is 260 Å². The van der Waals surface area contributed by atoms with Crippen molar-refractivity contribution in [2.75, 3.05) is 0 Å². The summed E-state index contributed by atoms with van der Waals surface area (Å²) in [6, 6.07) is 0. The molecule has 0 saturated carbocycles. The van der Waals surface area contributed by atoms with Gasteiger partial charge in [0.05, 0.1) is 11.8 Å². The van der Waals surface area contributed by atoms with Gasteiger partial charge >= 0.3 is 29.8 Å². The van der Waals surface area contributed by atoms with E-state index in [2.05, 4.69) is 13.5 Å². The zero-order chi connectivity index (χ0) is 33.0. The molecule has 0 aliphatic rings. The predicted molar refractivity (Wildman–Crippen MR) is 164 cm³/mol. The molecule has 0 aliphatic heterocycles. The zero-order valence-electron chi connectivity index (χ0n) is 25.2. The van der Waals surface area contributed by atoms with Crippen LogP contribution in [0.3, 0.4) is 0 Å². The number of alkyl halides is 2. The highest BCUT2D eigenvalue weighted by Crippen LogP contribution is 2.19. The molecule has 2 unspecified atom stereocenters. The second-order valence-corrected chi connectivity index (χ2v) is 12.0. The Hall–Kier alpha value is -2.33. The SMILES string of the molecule is C=CCC(CCC(=O)O)C(=O)O.CC(Cl)(Cl)C(=O)O.CCCCCCCCCCCCCCC(CCC(=O)O)C(=O)O. The second kappa shape index (κ2) is 28.8. The highest BCUT2D eigenvalue weighted by Gasteiger charge is 2.25. The monoisotopic (exact) mass is 642 g/mol. The normalized spacial score (nSPS) is 12.0. The molecule has 42 heavy (non-hydrogen) atoms. The molecule has 0 spiro atoms. The number of carboxylic acids is 5. The Kier molecular flexibility index (Phi) is 30.2. The van der Waals surface area contributed by atoms with Gasteiger partial charge in [-0.1, -0.05) is 113 Å². The summed E-state index contributed by atoms with van der Waals surface area (Å²) in [4.78, 5) is 51.9. The molecule has 0 rings (SSSR count). The molecule has 0 aromatic carbocycles.